The lowest BCUT2D eigenvalue weighted by Crippen LogP contribution is -2.46. The summed E-state index contributed by atoms with van der Waals surface area (Å²) in [4.78, 5) is 4.40. The van der Waals surface area contributed by atoms with E-state index in [2.05, 4.69) is 16.7 Å². The van der Waals surface area contributed by atoms with Crippen LogP contribution in [0.15, 0.2) is 0 Å². The molecular formula is C15H30N2O4S2. The molecule has 0 aromatic heterocycles. The van der Waals surface area contributed by atoms with Crippen LogP contribution in [0.5, 0.6) is 0 Å². The molecule has 0 amide bonds. The fourth-order valence-corrected chi connectivity index (χ4v) is 6.60. The number of rotatable bonds is 6. The lowest BCUT2D eigenvalue weighted by atomic mass is 10.1. The highest BCUT2D eigenvalue weighted by atomic mass is 32.2. The number of sulfone groups is 2. The van der Waals surface area contributed by atoms with Crippen LogP contribution in [-0.4, -0.2) is 87.9 Å². The summed E-state index contributed by atoms with van der Waals surface area (Å²) in [6.45, 7) is 7.90. The summed E-state index contributed by atoms with van der Waals surface area (Å²) in [5.41, 5.74) is 0. The first-order valence-electron chi connectivity index (χ1n) is 8.62. The molecule has 2 fully saturated rings. The van der Waals surface area contributed by atoms with E-state index in [9.17, 15) is 16.8 Å². The van der Waals surface area contributed by atoms with Gasteiger partial charge in [0.1, 0.15) is 0 Å². The summed E-state index contributed by atoms with van der Waals surface area (Å²) in [5, 5.41) is -0.195. The van der Waals surface area contributed by atoms with Crippen LogP contribution in [-0.2, 0) is 19.7 Å². The number of piperidine rings is 1. The van der Waals surface area contributed by atoms with Gasteiger partial charge in [0.25, 0.3) is 0 Å². The van der Waals surface area contributed by atoms with Crippen LogP contribution in [0.25, 0.3) is 0 Å². The van der Waals surface area contributed by atoms with Crippen molar-refractivity contribution in [3.8, 4) is 0 Å². The SMILES string of the molecule is CCN1CCC(S(=O)(=O)CCC(C)N2CCS(=O)(=O)CC2)CC1. The third-order valence-corrected chi connectivity index (χ3v) is 9.21. The number of nitrogens with zero attached hydrogens (tertiary/aromatic N) is 2. The van der Waals surface area contributed by atoms with Crippen molar-refractivity contribution in [3.05, 3.63) is 0 Å². The van der Waals surface area contributed by atoms with Crippen LogP contribution in [0.1, 0.15) is 33.1 Å². The minimum absolute atomic E-state index is 0.121. The Kier molecular flexibility index (Phi) is 6.49. The molecule has 1 unspecified atom stereocenters. The van der Waals surface area contributed by atoms with Gasteiger partial charge in [-0.15, -0.1) is 0 Å². The zero-order valence-corrected chi connectivity index (χ0v) is 15.9. The van der Waals surface area contributed by atoms with E-state index in [4.69, 9.17) is 0 Å². The monoisotopic (exact) mass is 366 g/mol. The predicted molar refractivity (Wildman–Crippen MR) is 93.2 cm³/mol. The van der Waals surface area contributed by atoms with Crippen LogP contribution in [0.3, 0.4) is 0 Å². The Morgan fingerprint density at radius 1 is 1.09 bits per heavy atom. The minimum atomic E-state index is -3.04. The fourth-order valence-electron chi connectivity index (χ4n) is 3.44. The average molecular weight is 367 g/mol. The van der Waals surface area contributed by atoms with Gasteiger partial charge < -0.3 is 4.90 Å². The van der Waals surface area contributed by atoms with Crippen molar-refractivity contribution < 1.29 is 16.8 Å². The van der Waals surface area contributed by atoms with E-state index in [-0.39, 0.29) is 28.6 Å². The van der Waals surface area contributed by atoms with E-state index in [1.807, 2.05) is 6.92 Å². The minimum Gasteiger partial charge on any atom is -0.304 e. The maximum Gasteiger partial charge on any atom is 0.153 e. The molecule has 2 aliphatic heterocycles. The lowest BCUT2D eigenvalue weighted by Gasteiger charge is -2.33. The Bertz CT molecular complexity index is 567. The van der Waals surface area contributed by atoms with Gasteiger partial charge in [0, 0.05) is 19.1 Å². The maximum absolute atomic E-state index is 12.5. The van der Waals surface area contributed by atoms with E-state index in [0.717, 1.165) is 32.5 Å². The summed E-state index contributed by atoms with van der Waals surface area (Å²) in [7, 11) is -5.93. The molecule has 0 aromatic rings. The van der Waals surface area contributed by atoms with E-state index in [1.165, 1.54) is 0 Å². The normalized spacial score (nSPS) is 26.2. The Morgan fingerprint density at radius 2 is 1.65 bits per heavy atom. The Balaban J connectivity index is 1.80. The highest BCUT2D eigenvalue weighted by molar-refractivity contribution is 7.92. The molecule has 2 saturated heterocycles. The van der Waals surface area contributed by atoms with Gasteiger partial charge in [0.15, 0.2) is 19.7 Å². The molecule has 2 rings (SSSR count). The third-order valence-electron chi connectivity index (χ3n) is 5.31. The second kappa shape index (κ2) is 7.80. The first kappa shape index (κ1) is 19.1. The maximum atomic E-state index is 12.5. The van der Waals surface area contributed by atoms with Crippen molar-refractivity contribution in [1.29, 1.82) is 0 Å². The van der Waals surface area contributed by atoms with Crippen molar-refractivity contribution in [2.75, 3.05) is 50.0 Å². The third kappa shape index (κ3) is 5.41. The molecule has 0 radical (unpaired) electrons. The van der Waals surface area contributed by atoms with Crippen LogP contribution in [0.4, 0.5) is 0 Å². The summed E-state index contributed by atoms with van der Waals surface area (Å²) in [6, 6.07) is 0.121. The van der Waals surface area contributed by atoms with Crippen molar-refractivity contribution in [2.24, 2.45) is 0 Å². The predicted octanol–water partition coefficient (Wildman–Crippen LogP) is 0.395. The molecule has 0 N–H and O–H groups in total. The molecule has 0 saturated carbocycles. The zero-order valence-electron chi connectivity index (χ0n) is 14.3. The molecule has 2 heterocycles. The van der Waals surface area contributed by atoms with Gasteiger partial charge in [-0.3, -0.25) is 4.90 Å². The van der Waals surface area contributed by atoms with Crippen molar-refractivity contribution >= 4 is 19.7 Å². The number of hydrogen-bond donors (Lipinski definition) is 0. The molecule has 6 nitrogen and oxygen atoms in total. The highest BCUT2D eigenvalue weighted by Gasteiger charge is 2.31. The van der Waals surface area contributed by atoms with E-state index in [0.29, 0.717) is 19.5 Å². The molecule has 1 atom stereocenters. The van der Waals surface area contributed by atoms with Gasteiger partial charge in [-0.1, -0.05) is 6.92 Å². The van der Waals surface area contributed by atoms with Crippen LogP contribution in [0.2, 0.25) is 0 Å². The van der Waals surface area contributed by atoms with Gasteiger partial charge in [-0.25, -0.2) is 16.8 Å². The summed E-state index contributed by atoms with van der Waals surface area (Å²) in [5.74, 6) is 0.605. The summed E-state index contributed by atoms with van der Waals surface area (Å²) >= 11 is 0. The van der Waals surface area contributed by atoms with E-state index in [1.54, 1.807) is 0 Å². The van der Waals surface area contributed by atoms with Gasteiger partial charge in [0.2, 0.25) is 0 Å². The Labute approximate surface area is 141 Å². The molecule has 0 spiro atoms. The molecule has 136 valence electrons. The van der Waals surface area contributed by atoms with Crippen LogP contribution >= 0.6 is 0 Å². The van der Waals surface area contributed by atoms with Crippen molar-refractivity contribution in [3.63, 3.8) is 0 Å². The quantitative estimate of drug-likeness (QED) is 0.677. The molecule has 0 bridgehead atoms. The first-order chi connectivity index (χ1) is 10.7. The van der Waals surface area contributed by atoms with E-state index >= 15 is 0 Å². The molecule has 0 aromatic carbocycles. The standard InChI is InChI=1S/C15H30N2O4S2/c1-3-16-7-4-15(5-8-16)23(20,21)11-6-14(2)17-9-12-22(18,19)13-10-17/h14-15H,3-13H2,1-2H3. The van der Waals surface area contributed by atoms with Crippen LogP contribution < -0.4 is 0 Å². The number of likely N-dealkylation sites (tertiary alicyclic amines) is 1. The van der Waals surface area contributed by atoms with Crippen molar-refractivity contribution in [1.82, 2.24) is 9.80 Å². The molecular weight excluding hydrogens is 336 g/mol. The molecule has 2 aliphatic rings. The van der Waals surface area contributed by atoms with Crippen molar-refractivity contribution in [2.45, 2.75) is 44.4 Å². The first-order valence-corrected chi connectivity index (χ1v) is 12.2. The topological polar surface area (TPSA) is 74.8 Å². The average Bonchev–Trinajstić information content (AvgIpc) is 2.53. The highest BCUT2D eigenvalue weighted by Crippen LogP contribution is 2.20. The molecule has 8 heteroatoms. The Hall–Kier alpha value is -0.180. The second-order valence-electron chi connectivity index (χ2n) is 6.83. The van der Waals surface area contributed by atoms with Gasteiger partial charge in [-0.2, -0.15) is 0 Å². The second-order valence-corrected chi connectivity index (χ2v) is 11.5. The van der Waals surface area contributed by atoms with Crippen LogP contribution in [0, 0.1) is 0 Å². The lowest BCUT2D eigenvalue weighted by molar-refractivity contribution is 0.221. The summed E-state index contributed by atoms with van der Waals surface area (Å²) in [6.07, 6.45) is 2.08. The Morgan fingerprint density at radius 3 is 2.17 bits per heavy atom. The smallest absolute Gasteiger partial charge is 0.153 e. The fraction of sp³-hybridized carbons (Fsp3) is 1.00. The van der Waals surface area contributed by atoms with E-state index < -0.39 is 19.7 Å². The number of hydrogen-bond acceptors (Lipinski definition) is 6. The molecule has 23 heavy (non-hydrogen) atoms. The summed E-state index contributed by atoms with van der Waals surface area (Å²) < 4.78 is 48.0. The van der Waals surface area contributed by atoms with Gasteiger partial charge >= 0.3 is 0 Å². The van der Waals surface area contributed by atoms with Gasteiger partial charge in [0.05, 0.1) is 22.5 Å². The molecule has 0 aliphatic carbocycles. The zero-order chi connectivity index (χ0) is 17.1. The largest absolute Gasteiger partial charge is 0.304 e. The van der Waals surface area contributed by atoms with Gasteiger partial charge in [-0.05, 0) is 45.8 Å².